The van der Waals surface area contributed by atoms with Crippen LogP contribution in [0.4, 0.5) is 11.4 Å². The standard InChI is InChI=1S/C19H18N2O8/c1-27-12-5-7-17(28-2)13(9-12)15(22)10-16(23)19(24)20-14-8-11(21(25)26)4-6-18(14)29-3/h4-10,22H,1-3H3,(H,20,24). The van der Waals surface area contributed by atoms with Crippen LogP contribution in [0.25, 0.3) is 5.76 Å². The highest BCUT2D eigenvalue weighted by Crippen LogP contribution is 2.30. The number of methoxy groups -OCH3 is 3. The second kappa shape index (κ2) is 9.22. The molecule has 10 heteroatoms. The Hall–Kier alpha value is -4.08. The minimum atomic E-state index is -1.13. The van der Waals surface area contributed by atoms with Gasteiger partial charge in [0.15, 0.2) is 0 Å². The number of rotatable bonds is 8. The van der Waals surface area contributed by atoms with Crippen molar-refractivity contribution in [1.82, 2.24) is 0 Å². The number of aliphatic hydroxyl groups is 1. The van der Waals surface area contributed by atoms with Gasteiger partial charge in [0.25, 0.3) is 11.6 Å². The van der Waals surface area contributed by atoms with Crippen LogP contribution < -0.4 is 19.5 Å². The van der Waals surface area contributed by atoms with Crippen molar-refractivity contribution in [1.29, 1.82) is 0 Å². The molecule has 2 aromatic carbocycles. The van der Waals surface area contributed by atoms with E-state index in [1.54, 1.807) is 6.07 Å². The maximum absolute atomic E-state index is 12.2. The minimum absolute atomic E-state index is 0.0631. The van der Waals surface area contributed by atoms with Gasteiger partial charge in [0, 0.05) is 18.2 Å². The Kier molecular flexibility index (Phi) is 6.75. The summed E-state index contributed by atoms with van der Waals surface area (Å²) < 4.78 is 15.2. The van der Waals surface area contributed by atoms with Crippen LogP contribution in [0, 0.1) is 10.1 Å². The number of hydrogen-bond acceptors (Lipinski definition) is 8. The summed E-state index contributed by atoms with van der Waals surface area (Å²) >= 11 is 0. The summed E-state index contributed by atoms with van der Waals surface area (Å²) in [7, 11) is 4.11. The summed E-state index contributed by atoms with van der Waals surface area (Å²) in [5.41, 5.74) is -0.221. The molecule has 0 radical (unpaired) electrons. The molecule has 0 bridgehead atoms. The molecular weight excluding hydrogens is 384 g/mol. The van der Waals surface area contributed by atoms with Gasteiger partial charge < -0.3 is 24.6 Å². The maximum atomic E-state index is 12.2. The highest BCUT2D eigenvalue weighted by molar-refractivity contribution is 6.45. The van der Waals surface area contributed by atoms with Gasteiger partial charge >= 0.3 is 0 Å². The van der Waals surface area contributed by atoms with Gasteiger partial charge in [0.1, 0.15) is 23.0 Å². The van der Waals surface area contributed by atoms with Crippen LogP contribution in [0.15, 0.2) is 42.5 Å². The molecule has 2 rings (SSSR count). The molecule has 2 aromatic rings. The van der Waals surface area contributed by atoms with E-state index in [1.165, 1.54) is 45.6 Å². The Morgan fingerprint density at radius 3 is 2.28 bits per heavy atom. The molecule has 29 heavy (non-hydrogen) atoms. The first-order chi connectivity index (χ1) is 13.8. The van der Waals surface area contributed by atoms with E-state index in [1.807, 2.05) is 0 Å². The fraction of sp³-hybridized carbons (Fsp3) is 0.158. The zero-order chi connectivity index (χ0) is 21.6. The van der Waals surface area contributed by atoms with E-state index >= 15 is 0 Å². The van der Waals surface area contributed by atoms with Crippen LogP contribution >= 0.6 is 0 Å². The number of non-ortho nitro benzene ring substituents is 1. The molecule has 2 N–H and O–H groups in total. The Morgan fingerprint density at radius 2 is 1.69 bits per heavy atom. The van der Waals surface area contributed by atoms with Gasteiger partial charge in [0.2, 0.25) is 5.78 Å². The number of benzene rings is 2. The van der Waals surface area contributed by atoms with Crippen molar-refractivity contribution in [3.63, 3.8) is 0 Å². The lowest BCUT2D eigenvalue weighted by molar-refractivity contribution is -0.384. The lowest BCUT2D eigenvalue weighted by atomic mass is 10.1. The van der Waals surface area contributed by atoms with Gasteiger partial charge in [-0.3, -0.25) is 19.7 Å². The molecule has 0 heterocycles. The molecule has 0 atom stereocenters. The quantitative estimate of drug-likeness (QED) is 0.226. The number of aliphatic hydroxyl groups excluding tert-OH is 1. The molecule has 0 saturated carbocycles. The van der Waals surface area contributed by atoms with Crippen molar-refractivity contribution in [2.24, 2.45) is 0 Å². The summed E-state index contributed by atoms with van der Waals surface area (Å²) in [5.74, 6) is -1.96. The Balaban J connectivity index is 2.28. The van der Waals surface area contributed by atoms with Crippen LogP contribution in [0.1, 0.15) is 5.56 Å². The lowest BCUT2D eigenvalue weighted by Gasteiger charge is -2.10. The Morgan fingerprint density at radius 1 is 1.03 bits per heavy atom. The molecule has 0 unspecified atom stereocenters. The number of hydrogen-bond donors (Lipinski definition) is 2. The predicted molar refractivity (Wildman–Crippen MR) is 103 cm³/mol. The SMILES string of the molecule is COc1ccc(OC)c(C(O)=CC(=O)C(=O)Nc2cc([N+](=O)[O-])ccc2OC)c1. The second-order valence-corrected chi connectivity index (χ2v) is 5.56. The fourth-order valence-corrected chi connectivity index (χ4v) is 2.37. The first-order valence-electron chi connectivity index (χ1n) is 8.11. The third kappa shape index (κ3) is 5.01. The third-order valence-electron chi connectivity index (χ3n) is 3.82. The van der Waals surface area contributed by atoms with Crippen LogP contribution in [0.5, 0.6) is 17.2 Å². The number of carbonyl (C=O) groups is 2. The lowest BCUT2D eigenvalue weighted by Crippen LogP contribution is -2.21. The molecule has 0 aliphatic carbocycles. The summed E-state index contributed by atoms with van der Waals surface area (Å²) in [6.45, 7) is 0. The zero-order valence-corrected chi connectivity index (χ0v) is 15.8. The van der Waals surface area contributed by atoms with E-state index in [9.17, 15) is 24.8 Å². The van der Waals surface area contributed by atoms with Gasteiger partial charge in [-0.05, 0) is 24.3 Å². The van der Waals surface area contributed by atoms with Crippen molar-refractivity contribution in [2.45, 2.75) is 0 Å². The number of nitrogens with one attached hydrogen (secondary N) is 1. The summed E-state index contributed by atoms with van der Waals surface area (Å²) in [6.07, 6.45) is 0.705. The molecule has 10 nitrogen and oxygen atoms in total. The van der Waals surface area contributed by atoms with Crippen LogP contribution in [-0.4, -0.2) is 43.0 Å². The first-order valence-corrected chi connectivity index (χ1v) is 8.11. The van der Waals surface area contributed by atoms with Crippen LogP contribution in [0.2, 0.25) is 0 Å². The largest absolute Gasteiger partial charge is 0.507 e. The number of nitro benzene ring substituents is 1. The van der Waals surface area contributed by atoms with Gasteiger partial charge in [-0.25, -0.2) is 0 Å². The van der Waals surface area contributed by atoms with Crippen molar-refractivity contribution in [3.05, 3.63) is 58.2 Å². The topological polar surface area (TPSA) is 137 Å². The number of carbonyl (C=O) groups excluding carboxylic acids is 2. The molecular formula is C19H18N2O8. The highest BCUT2D eigenvalue weighted by Gasteiger charge is 2.19. The van der Waals surface area contributed by atoms with Gasteiger partial charge in [0.05, 0.1) is 37.5 Å². The van der Waals surface area contributed by atoms with Gasteiger partial charge in [-0.2, -0.15) is 0 Å². The number of ketones is 1. The molecule has 152 valence electrons. The van der Waals surface area contributed by atoms with E-state index in [0.29, 0.717) is 11.8 Å². The van der Waals surface area contributed by atoms with Crippen LogP contribution in [0.3, 0.4) is 0 Å². The summed E-state index contributed by atoms with van der Waals surface area (Å²) in [6, 6.07) is 8.08. The van der Waals surface area contributed by atoms with Crippen molar-refractivity contribution in [2.75, 3.05) is 26.6 Å². The van der Waals surface area contributed by atoms with Crippen LogP contribution in [-0.2, 0) is 9.59 Å². The number of anilines is 1. The highest BCUT2D eigenvalue weighted by atomic mass is 16.6. The molecule has 0 aliphatic heterocycles. The van der Waals surface area contributed by atoms with E-state index in [2.05, 4.69) is 5.32 Å². The smallest absolute Gasteiger partial charge is 0.296 e. The second-order valence-electron chi connectivity index (χ2n) is 5.56. The Labute approximate surface area is 165 Å². The molecule has 0 spiro atoms. The van der Waals surface area contributed by atoms with E-state index in [0.717, 1.165) is 6.07 Å². The molecule has 0 saturated heterocycles. The van der Waals surface area contributed by atoms with Crippen molar-refractivity contribution < 1.29 is 33.8 Å². The van der Waals surface area contributed by atoms with E-state index < -0.39 is 22.4 Å². The fourth-order valence-electron chi connectivity index (χ4n) is 2.37. The minimum Gasteiger partial charge on any atom is -0.507 e. The Bertz CT molecular complexity index is 984. The zero-order valence-electron chi connectivity index (χ0n) is 15.8. The monoisotopic (exact) mass is 402 g/mol. The molecule has 1 amide bonds. The van der Waals surface area contributed by atoms with Gasteiger partial charge in [-0.15, -0.1) is 0 Å². The number of nitro groups is 1. The average molecular weight is 402 g/mol. The third-order valence-corrected chi connectivity index (χ3v) is 3.82. The number of amides is 1. The summed E-state index contributed by atoms with van der Waals surface area (Å²) in [5, 5.41) is 23.4. The number of nitrogens with zero attached hydrogens (tertiary/aromatic N) is 1. The first kappa shape index (κ1) is 21.2. The normalized spacial score (nSPS) is 10.8. The van der Waals surface area contributed by atoms with Crippen molar-refractivity contribution >= 4 is 28.8 Å². The van der Waals surface area contributed by atoms with Crippen molar-refractivity contribution in [3.8, 4) is 17.2 Å². The van der Waals surface area contributed by atoms with Gasteiger partial charge in [-0.1, -0.05) is 0 Å². The average Bonchev–Trinajstić information content (AvgIpc) is 2.72. The molecule has 0 aromatic heterocycles. The predicted octanol–water partition coefficient (Wildman–Crippen LogP) is 2.73. The van der Waals surface area contributed by atoms with E-state index in [-0.39, 0.29) is 28.4 Å². The number of ether oxygens (including phenoxy) is 3. The molecule has 0 aliphatic rings. The van der Waals surface area contributed by atoms with E-state index in [4.69, 9.17) is 14.2 Å². The maximum Gasteiger partial charge on any atom is 0.296 e. The summed E-state index contributed by atoms with van der Waals surface area (Å²) in [4.78, 5) is 34.7. The molecule has 0 fully saturated rings.